The first-order valence-electron chi connectivity index (χ1n) is 9.10. The van der Waals surface area contributed by atoms with Crippen molar-refractivity contribution in [2.45, 2.75) is 24.7 Å². The van der Waals surface area contributed by atoms with E-state index >= 15 is 0 Å². The summed E-state index contributed by atoms with van der Waals surface area (Å²) < 4.78 is 35.6. The summed E-state index contributed by atoms with van der Waals surface area (Å²) in [6.45, 7) is 1.81. The third-order valence-electron chi connectivity index (χ3n) is 4.78. The molecule has 2 aromatic carbocycles. The lowest BCUT2D eigenvalue weighted by Gasteiger charge is -2.23. The summed E-state index contributed by atoms with van der Waals surface area (Å²) in [7, 11) is 0.509. The number of aromatic nitrogens is 2. The maximum atomic E-state index is 13.4. The molecule has 0 aliphatic heterocycles. The first-order valence-corrected chi connectivity index (χ1v) is 10.5. The normalized spacial score (nSPS) is 11.6. The van der Waals surface area contributed by atoms with Crippen molar-refractivity contribution in [3.8, 4) is 5.75 Å². The molecule has 0 saturated heterocycles. The van der Waals surface area contributed by atoms with Crippen LogP contribution in [0, 0.1) is 0 Å². The minimum Gasteiger partial charge on any atom is -0.497 e. The highest BCUT2D eigenvalue weighted by Crippen LogP contribution is 2.28. The minimum absolute atomic E-state index is 0.0635. The molecule has 3 aromatic rings. The summed E-state index contributed by atoms with van der Waals surface area (Å²) in [6, 6.07) is 10.7. The fourth-order valence-corrected chi connectivity index (χ4v) is 4.67. The van der Waals surface area contributed by atoms with Crippen LogP contribution in [-0.2, 0) is 28.9 Å². The molecule has 1 heterocycles. The number of anilines is 1. The molecular formula is C20H23N3O5S. The number of nitrogens with zero attached hydrogens (tertiary/aromatic N) is 3. The molecule has 0 aliphatic carbocycles. The molecule has 1 amide bonds. The van der Waals surface area contributed by atoms with Crippen LogP contribution >= 0.6 is 0 Å². The Hall–Kier alpha value is -3.07. The zero-order chi connectivity index (χ0) is 21.3. The molecule has 0 atom stereocenters. The van der Waals surface area contributed by atoms with Gasteiger partial charge in [0.1, 0.15) is 5.75 Å². The summed E-state index contributed by atoms with van der Waals surface area (Å²) >= 11 is 0. The van der Waals surface area contributed by atoms with E-state index in [9.17, 15) is 18.0 Å². The Morgan fingerprint density at radius 3 is 2.24 bits per heavy atom. The molecule has 3 rings (SSSR count). The van der Waals surface area contributed by atoms with Crippen molar-refractivity contribution < 1.29 is 17.9 Å². The summed E-state index contributed by atoms with van der Waals surface area (Å²) in [5.74, 6) is 0.0226. The predicted octanol–water partition coefficient (Wildman–Crippen LogP) is 2.41. The largest absolute Gasteiger partial charge is 0.497 e. The third kappa shape index (κ3) is 3.53. The molecule has 154 valence electrons. The van der Waals surface area contributed by atoms with Crippen molar-refractivity contribution in [2.75, 3.05) is 11.4 Å². The van der Waals surface area contributed by atoms with Crippen LogP contribution in [0.25, 0.3) is 11.0 Å². The highest BCUT2D eigenvalue weighted by molar-refractivity contribution is 7.93. The first kappa shape index (κ1) is 20.7. The van der Waals surface area contributed by atoms with E-state index in [0.717, 1.165) is 4.31 Å². The maximum absolute atomic E-state index is 13.4. The van der Waals surface area contributed by atoms with Crippen LogP contribution in [0.5, 0.6) is 5.75 Å². The average Bonchev–Trinajstić information content (AvgIpc) is 2.92. The minimum atomic E-state index is -4.19. The van der Waals surface area contributed by atoms with E-state index in [2.05, 4.69) is 0 Å². The van der Waals surface area contributed by atoms with Crippen molar-refractivity contribution in [3.05, 3.63) is 52.9 Å². The molecule has 0 aliphatic rings. The number of carbonyl (C=O) groups is 1. The van der Waals surface area contributed by atoms with E-state index < -0.39 is 15.9 Å². The Balaban J connectivity index is 2.17. The van der Waals surface area contributed by atoms with Gasteiger partial charge in [0.25, 0.3) is 10.0 Å². The van der Waals surface area contributed by atoms with E-state index in [1.54, 1.807) is 32.3 Å². The highest BCUT2D eigenvalue weighted by atomic mass is 32.2. The zero-order valence-electron chi connectivity index (χ0n) is 16.7. The van der Waals surface area contributed by atoms with Crippen LogP contribution in [0.4, 0.5) is 5.69 Å². The van der Waals surface area contributed by atoms with Crippen molar-refractivity contribution in [2.24, 2.45) is 14.1 Å². The number of hydrogen-bond donors (Lipinski definition) is 0. The molecule has 0 spiro atoms. The molecule has 0 bridgehead atoms. The summed E-state index contributed by atoms with van der Waals surface area (Å²) in [5.41, 5.74) is 1.04. The number of ether oxygens (including phenoxy) is 1. The number of benzene rings is 2. The van der Waals surface area contributed by atoms with Gasteiger partial charge in [-0.25, -0.2) is 17.5 Å². The fraction of sp³-hybridized carbons (Fsp3) is 0.300. The third-order valence-corrected chi connectivity index (χ3v) is 6.52. The first-order chi connectivity index (χ1) is 13.7. The lowest BCUT2D eigenvalue weighted by molar-refractivity contribution is -0.117. The van der Waals surface area contributed by atoms with Crippen LogP contribution in [0.15, 0.2) is 52.2 Å². The van der Waals surface area contributed by atoms with Gasteiger partial charge in [0.15, 0.2) is 0 Å². The van der Waals surface area contributed by atoms with Gasteiger partial charge in [0, 0.05) is 20.5 Å². The number of fused-ring (bicyclic) bond motifs is 1. The smallest absolute Gasteiger partial charge is 0.328 e. The maximum Gasteiger partial charge on any atom is 0.328 e. The van der Waals surface area contributed by atoms with Gasteiger partial charge >= 0.3 is 5.69 Å². The van der Waals surface area contributed by atoms with Crippen LogP contribution in [0.2, 0.25) is 0 Å². The highest BCUT2D eigenvalue weighted by Gasteiger charge is 2.31. The number of carbonyl (C=O) groups excluding carboxylic acids is 1. The second-order valence-corrected chi connectivity index (χ2v) is 8.45. The van der Waals surface area contributed by atoms with Gasteiger partial charge in [-0.05, 0) is 48.9 Å². The van der Waals surface area contributed by atoms with Crippen LogP contribution in [0.1, 0.15) is 19.8 Å². The molecule has 0 radical (unpaired) electrons. The zero-order valence-corrected chi connectivity index (χ0v) is 17.6. The Bertz CT molecular complexity index is 1220. The number of sulfonamides is 1. The molecule has 0 unspecified atom stereocenters. The summed E-state index contributed by atoms with van der Waals surface area (Å²) in [6.07, 6.45) is 0.588. The van der Waals surface area contributed by atoms with Crippen molar-refractivity contribution in [3.63, 3.8) is 0 Å². The van der Waals surface area contributed by atoms with Crippen molar-refractivity contribution >= 4 is 32.7 Å². The van der Waals surface area contributed by atoms with Gasteiger partial charge in [-0.1, -0.05) is 6.92 Å². The molecule has 9 heteroatoms. The average molecular weight is 417 g/mol. The van der Waals surface area contributed by atoms with E-state index in [1.165, 1.54) is 40.5 Å². The Kier molecular flexibility index (Phi) is 5.52. The summed E-state index contributed by atoms with van der Waals surface area (Å²) in [4.78, 5) is 24.9. The number of amides is 1. The number of imidazole rings is 1. The molecule has 0 fully saturated rings. The summed E-state index contributed by atoms with van der Waals surface area (Å²) in [5, 5.41) is 0. The van der Waals surface area contributed by atoms with Gasteiger partial charge in [-0.2, -0.15) is 0 Å². The van der Waals surface area contributed by atoms with Gasteiger partial charge < -0.3 is 4.74 Å². The van der Waals surface area contributed by atoms with E-state index in [1.807, 2.05) is 6.92 Å². The molecule has 1 aromatic heterocycles. The lowest BCUT2D eigenvalue weighted by Crippen LogP contribution is -2.36. The Labute approximate surface area is 169 Å². The number of rotatable bonds is 6. The molecule has 8 nitrogen and oxygen atoms in total. The van der Waals surface area contributed by atoms with Crippen LogP contribution < -0.4 is 14.7 Å². The fourth-order valence-electron chi connectivity index (χ4n) is 3.20. The topological polar surface area (TPSA) is 90.6 Å². The standard InChI is InChI=1S/C20H23N3O5S/c1-5-6-19(24)23(14-7-9-15(28-4)10-8-14)29(26,27)16-11-12-17-18(13-16)22(3)20(25)21(17)2/h7-13H,5-6H2,1-4H3. The van der Waals surface area contributed by atoms with Crippen molar-refractivity contribution in [1.82, 2.24) is 9.13 Å². The van der Waals surface area contributed by atoms with E-state index in [-0.39, 0.29) is 22.7 Å². The Morgan fingerprint density at radius 1 is 1.03 bits per heavy atom. The second kappa shape index (κ2) is 7.75. The van der Waals surface area contributed by atoms with Crippen LogP contribution in [0.3, 0.4) is 0 Å². The SMILES string of the molecule is CCCC(=O)N(c1ccc(OC)cc1)S(=O)(=O)c1ccc2c(c1)n(C)c(=O)n2C. The van der Waals surface area contributed by atoms with Gasteiger partial charge in [-0.15, -0.1) is 0 Å². The quantitative estimate of drug-likeness (QED) is 0.614. The van der Waals surface area contributed by atoms with Crippen molar-refractivity contribution in [1.29, 1.82) is 0 Å². The monoisotopic (exact) mass is 417 g/mol. The van der Waals surface area contributed by atoms with Gasteiger partial charge in [-0.3, -0.25) is 13.9 Å². The van der Waals surface area contributed by atoms with E-state index in [0.29, 0.717) is 23.2 Å². The molecule has 0 saturated carbocycles. The molecule has 0 N–H and O–H groups in total. The van der Waals surface area contributed by atoms with Crippen LogP contribution in [-0.4, -0.2) is 30.6 Å². The lowest BCUT2D eigenvalue weighted by atomic mass is 10.2. The number of aryl methyl sites for hydroxylation is 2. The number of methoxy groups -OCH3 is 1. The predicted molar refractivity (Wildman–Crippen MR) is 111 cm³/mol. The molecular weight excluding hydrogens is 394 g/mol. The number of hydrogen-bond acceptors (Lipinski definition) is 5. The van der Waals surface area contributed by atoms with Gasteiger partial charge in [0.2, 0.25) is 5.91 Å². The van der Waals surface area contributed by atoms with Gasteiger partial charge in [0.05, 0.1) is 28.7 Å². The Morgan fingerprint density at radius 2 is 1.66 bits per heavy atom. The second-order valence-electron chi connectivity index (χ2n) is 6.66. The van der Waals surface area contributed by atoms with E-state index in [4.69, 9.17) is 4.74 Å². The molecule has 29 heavy (non-hydrogen) atoms.